The van der Waals surface area contributed by atoms with Gasteiger partial charge in [-0.15, -0.1) is 5.92 Å². The summed E-state index contributed by atoms with van der Waals surface area (Å²) in [5.41, 5.74) is 7.58. The monoisotopic (exact) mass is 486 g/mol. The van der Waals surface area contributed by atoms with Crippen LogP contribution in [-0.2, 0) is 26.7 Å². The fourth-order valence-electron chi connectivity index (χ4n) is 4.95. The van der Waals surface area contributed by atoms with Crippen molar-refractivity contribution in [3.8, 4) is 11.8 Å². The lowest BCUT2D eigenvalue weighted by Crippen LogP contribution is -2.42. The van der Waals surface area contributed by atoms with E-state index in [0.717, 1.165) is 42.5 Å². The van der Waals surface area contributed by atoms with Crippen LogP contribution in [0.15, 0.2) is 33.9 Å². The summed E-state index contributed by atoms with van der Waals surface area (Å²) in [5.74, 6) is 7.07. The number of aryl methyl sites for hydroxylation is 2. The first-order chi connectivity index (χ1) is 17.4. The van der Waals surface area contributed by atoms with Crippen LogP contribution < -0.4 is 17.0 Å². The maximum Gasteiger partial charge on any atom is 0.332 e. The summed E-state index contributed by atoms with van der Waals surface area (Å²) < 4.78 is 4.44. The third kappa shape index (κ3) is 4.32. The smallest absolute Gasteiger partial charge is 0.327 e. The van der Waals surface area contributed by atoms with Crippen LogP contribution in [0.5, 0.6) is 0 Å². The van der Waals surface area contributed by atoms with Crippen LogP contribution in [0.2, 0.25) is 0 Å². The van der Waals surface area contributed by atoms with Crippen LogP contribution in [0.1, 0.15) is 37.1 Å². The normalized spacial score (nSPS) is 16.4. The van der Waals surface area contributed by atoms with Gasteiger partial charge >= 0.3 is 5.69 Å². The van der Waals surface area contributed by atoms with Crippen LogP contribution in [0.4, 0.5) is 0 Å². The largest absolute Gasteiger partial charge is 0.332 e. The van der Waals surface area contributed by atoms with Crippen molar-refractivity contribution < 1.29 is 0 Å². The van der Waals surface area contributed by atoms with Gasteiger partial charge in [-0.3, -0.25) is 18.8 Å². The number of nitrogens with two attached hydrogens (primary N) is 1. The topological polar surface area (TPSA) is 117 Å². The van der Waals surface area contributed by atoms with E-state index in [1.54, 1.807) is 14.0 Å². The molecule has 0 aliphatic carbocycles. The van der Waals surface area contributed by atoms with E-state index in [1.165, 1.54) is 9.13 Å². The molecule has 10 nitrogen and oxygen atoms in total. The summed E-state index contributed by atoms with van der Waals surface area (Å²) in [6.07, 6.45) is 2.02. The lowest BCUT2D eigenvalue weighted by Gasteiger charge is -2.30. The Morgan fingerprint density at radius 2 is 1.92 bits per heavy atom. The highest BCUT2D eigenvalue weighted by Gasteiger charge is 2.24. The molecule has 3 aromatic heterocycles. The minimum absolute atomic E-state index is 0.0337. The molecule has 10 heteroatoms. The summed E-state index contributed by atoms with van der Waals surface area (Å²) in [6.45, 7) is 6.15. The lowest BCUT2D eigenvalue weighted by atomic mass is 10.1. The molecule has 1 atom stereocenters. The summed E-state index contributed by atoms with van der Waals surface area (Å²) >= 11 is 0. The fraction of sp³-hybridized carbons (Fsp3) is 0.423. The molecule has 4 heterocycles. The molecule has 1 saturated heterocycles. The van der Waals surface area contributed by atoms with E-state index < -0.39 is 11.2 Å². The van der Waals surface area contributed by atoms with E-state index in [0.29, 0.717) is 35.9 Å². The van der Waals surface area contributed by atoms with E-state index >= 15 is 0 Å². The average Bonchev–Trinajstić information content (AvgIpc) is 3.22. The number of nitrogens with zero attached hydrogens (tertiary/aromatic N) is 7. The van der Waals surface area contributed by atoms with Gasteiger partial charge in [0.2, 0.25) is 0 Å². The maximum atomic E-state index is 13.7. The van der Waals surface area contributed by atoms with Gasteiger partial charge in [0.1, 0.15) is 11.6 Å². The molecule has 0 bridgehead atoms. The van der Waals surface area contributed by atoms with E-state index in [1.807, 2.05) is 35.8 Å². The minimum Gasteiger partial charge on any atom is -0.327 e. The van der Waals surface area contributed by atoms with E-state index in [9.17, 15) is 9.59 Å². The molecule has 1 aliphatic heterocycles. The molecule has 4 aromatic rings. The van der Waals surface area contributed by atoms with Crippen molar-refractivity contribution in [2.24, 2.45) is 12.8 Å². The van der Waals surface area contributed by atoms with Crippen LogP contribution in [0.25, 0.3) is 22.1 Å². The standard InChI is InChI=1S/C26H30N8O2/c1-4-5-13-33-22(16-32-12-8-9-18(27)14-32)30-24-23(33)25(35)34(26(36)31(24)3)15-21-28-17(2)19-10-6-7-11-20(19)29-21/h6-7,10-11,18H,8-9,12-16,27H2,1-3H3/t18-/m1/s1. The zero-order valence-electron chi connectivity index (χ0n) is 20.9. The predicted molar refractivity (Wildman–Crippen MR) is 139 cm³/mol. The lowest BCUT2D eigenvalue weighted by molar-refractivity contribution is 0.195. The molecule has 0 unspecified atom stereocenters. The molecule has 0 saturated carbocycles. The van der Waals surface area contributed by atoms with Gasteiger partial charge in [-0.2, -0.15) is 0 Å². The molecule has 1 aliphatic rings. The van der Waals surface area contributed by atoms with Crippen molar-refractivity contribution in [1.82, 2.24) is 33.6 Å². The van der Waals surface area contributed by atoms with Gasteiger partial charge in [-0.05, 0) is 39.3 Å². The van der Waals surface area contributed by atoms with Gasteiger partial charge in [0.25, 0.3) is 5.56 Å². The van der Waals surface area contributed by atoms with Crippen molar-refractivity contribution in [1.29, 1.82) is 0 Å². The number of aromatic nitrogens is 6. The number of likely N-dealkylation sites (tertiary alicyclic amines) is 1. The second kappa shape index (κ2) is 9.68. The summed E-state index contributed by atoms with van der Waals surface area (Å²) in [6, 6.07) is 7.81. The minimum atomic E-state index is -0.459. The molecule has 0 radical (unpaired) electrons. The molecule has 0 amide bonds. The maximum absolute atomic E-state index is 13.7. The van der Waals surface area contributed by atoms with Crippen LogP contribution in [-0.4, -0.2) is 52.7 Å². The van der Waals surface area contributed by atoms with Crippen molar-refractivity contribution >= 4 is 22.1 Å². The van der Waals surface area contributed by atoms with Crippen molar-refractivity contribution in [3.63, 3.8) is 0 Å². The van der Waals surface area contributed by atoms with Crippen LogP contribution in [0, 0.1) is 18.8 Å². The summed E-state index contributed by atoms with van der Waals surface area (Å²) in [7, 11) is 1.64. The average molecular weight is 487 g/mol. The van der Waals surface area contributed by atoms with E-state index in [-0.39, 0.29) is 12.6 Å². The first-order valence-electron chi connectivity index (χ1n) is 12.2. The molecule has 186 valence electrons. The third-order valence-electron chi connectivity index (χ3n) is 6.77. The third-order valence-corrected chi connectivity index (χ3v) is 6.77. The van der Waals surface area contributed by atoms with E-state index in [2.05, 4.69) is 26.7 Å². The zero-order valence-corrected chi connectivity index (χ0v) is 20.9. The number of imidazole rings is 1. The SMILES string of the molecule is CC#CCn1c(CN2CCC[C@@H](N)C2)nc2c1c(=O)n(Cc1nc(C)c3ccccc3n1)c(=O)n2C. The number of para-hydroxylation sites is 1. The first-order valence-corrected chi connectivity index (χ1v) is 12.2. The molecule has 36 heavy (non-hydrogen) atoms. The fourth-order valence-corrected chi connectivity index (χ4v) is 4.95. The Bertz CT molecular complexity index is 1640. The Labute approximate surface area is 208 Å². The molecule has 5 rings (SSSR count). The number of piperidine rings is 1. The van der Waals surface area contributed by atoms with Gasteiger partial charge in [0.05, 0.1) is 25.2 Å². The number of rotatable bonds is 5. The predicted octanol–water partition coefficient (Wildman–Crippen LogP) is 1.14. The van der Waals surface area contributed by atoms with Gasteiger partial charge < -0.3 is 10.3 Å². The van der Waals surface area contributed by atoms with Gasteiger partial charge in [-0.1, -0.05) is 24.1 Å². The highest BCUT2D eigenvalue weighted by molar-refractivity contribution is 5.80. The zero-order chi connectivity index (χ0) is 25.4. The highest BCUT2D eigenvalue weighted by Crippen LogP contribution is 2.17. The van der Waals surface area contributed by atoms with Gasteiger partial charge in [0, 0.05) is 30.7 Å². The van der Waals surface area contributed by atoms with Crippen LogP contribution in [0.3, 0.4) is 0 Å². The molecular formula is C26H30N8O2. The van der Waals surface area contributed by atoms with Crippen LogP contribution >= 0.6 is 0 Å². The van der Waals surface area contributed by atoms with Gasteiger partial charge in [-0.25, -0.2) is 19.7 Å². The Morgan fingerprint density at radius 1 is 1.11 bits per heavy atom. The van der Waals surface area contributed by atoms with Gasteiger partial charge in [0.15, 0.2) is 11.2 Å². The molecule has 2 N–H and O–H groups in total. The number of hydrogen-bond acceptors (Lipinski definition) is 7. The number of hydrogen-bond donors (Lipinski definition) is 1. The second-order valence-electron chi connectivity index (χ2n) is 9.33. The Hall–Kier alpha value is -3.81. The van der Waals surface area contributed by atoms with Crippen molar-refractivity contribution in [2.75, 3.05) is 13.1 Å². The quantitative estimate of drug-likeness (QED) is 0.421. The molecule has 1 fully saturated rings. The van der Waals surface area contributed by atoms with E-state index in [4.69, 9.17) is 10.7 Å². The Kier molecular flexibility index (Phi) is 6.43. The summed E-state index contributed by atoms with van der Waals surface area (Å²) in [5, 5.41) is 0.940. The number of fused-ring (bicyclic) bond motifs is 2. The highest BCUT2D eigenvalue weighted by atomic mass is 16.2. The second-order valence-corrected chi connectivity index (χ2v) is 9.33. The molecule has 0 spiro atoms. The summed E-state index contributed by atoms with van der Waals surface area (Å²) in [4.78, 5) is 43.2. The molecule has 1 aromatic carbocycles. The Morgan fingerprint density at radius 3 is 2.69 bits per heavy atom. The number of benzene rings is 1. The van der Waals surface area contributed by atoms with Crippen molar-refractivity contribution in [2.45, 2.75) is 52.4 Å². The first kappa shape index (κ1) is 23.9. The van der Waals surface area contributed by atoms with Crippen molar-refractivity contribution in [3.05, 3.63) is 62.4 Å². The molecular weight excluding hydrogens is 456 g/mol. The Balaban J connectivity index is 1.63.